The maximum Gasteiger partial charge on any atom is 0.131 e. The van der Waals surface area contributed by atoms with Gasteiger partial charge >= 0.3 is 0 Å². The first-order valence-electron chi connectivity index (χ1n) is 6.22. The minimum Gasteiger partial charge on any atom is -0.271 e. The topological polar surface area (TPSA) is 38.0 Å². The first-order chi connectivity index (χ1) is 9.20. The number of nitrogens with one attached hydrogen (secondary N) is 1. The lowest BCUT2D eigenvalue weighted by atomic mass is 10.0. The second-order valence-electron chi connectivity index (χ2n) is 4.69. The molecule has 0 aliphatic heterocycles. The van der Waals surface area contributed by atoms with Crippen molar-refractivity contribution >= 4 is 11.3 Å². The summed E-state index contributed by atoms with van der Waals surface area (Å²) in [6.07, 6.45) is 3.26. The highest BCUT2D eigenvalue weighted by atomic mass is 32.1. The Morgan fingerprint density at radius 2 is 1.95 bits per heavy atom. The first kappa shape index (κ1) is 12.7. The van der Waals surface area contributed by atoms with Crippen molar-refractivity contribution in [3.05, 3.63) is 56.8 Å². The van der Waals surface area contributed by atoms with Crippen LogP contribution in [0.4, 0.5) is 8.78 Å². The summed E-state index contributed by atoms with van der Waals surface area (Å²) < 4.78 is 27.7. The molecule has 1 aromatic carbocycles. The lowest BCUT2D eigenvalue weighted by Gasteiger charge is -2.16. The van der Waals surface area contributed by atoms with E-state index in [1.165, 1.54) is 28.6 Å². The fourth-order valence-electron chi connectivity index (χ4n) is 2.59. The number of thiophene rings is 1. The molecule has 1 aromatic heterocycles. The molecule has 19 heavy (non-hydrogen) atoms. The molecule has 2 aromatic rings. The molecule has 0 bridgehead atoms. The second kappa shape index (κ2) is 5.00. The van der Waals surface area contributed by atoms with Crippen molar-refractivity contribution in [1.82, 2.24) is 5.43 Å². The Labute approximate surface area is 114 Å². The van der Waals surface area contributed by atoms with Gasteiger partial charge in [-0.05, 0) is 43.0 Å². The molecule has 0 saturated heterocycles. The van der Waals surface area contributed by atoms with E-state index in [1.54, 1.807) is 11.3 Å². The molecule has 1 aliphatic rings. The van der Waals surface area contributed by atoms with Crippen molar-refractivity contribution in [3.8, 4) is 0 Å². The number of rotatable bonds is 3. The van der Waals surface area contributed by atoms with Crippen LogP contribution in [0.2, 0.25) is 0 Å². The average molecular weight is 280 g/mol. The summed E-state index contributed by atoms with van der Waals surface area (Å²) in [6, 6.07) is 5.25. The van der Waals surface area contributed by atoms with Crippen molar-refractivity contribution in [2.45, 2.75) is 25.3 Å². The normalized spacial score (nSPS) is 15.5. The standard InChI is InChI=1S/C14H14F2N2S/c15-9-4-2-5-10(16)13(9)14(18-17)12-7-8-3-1-6-11(8)19-12/h2,4-5,7,14,18H,1,3,6,17H2. The Hall–Kier alpha value is -1.30. The van der Waals surface area contributed by atoms with Crippen molar-refractivity contribution in [1.29, 1.82) is 0 Å². The zero-order chi connectivity index (χ0) is 13.4. The van der Waals surface area contributed by atoms with Gasteiger partial charge in [-0.3, -0.25) is 5.84 Å². The highest BCUT2D eigenvalue weighted by Gasteiger charge is 2.25. The molecular formula is C14H14F2N2S. The molecule has 3 rings (SSSR count). The summed E-state index contributed by atoms with van der Waals surface area (Å²) >= 11 is 1.59. The molecule has 1 atom stereocenters. The Balaban J connectivity index is 2.04. The Kier molecular flexibility index (Phi) is 3.35. The summed E-state index contributed by atoms with van der Waals surface area (Å²) in [5.41, 5.74) is 3.82. The lowest BCUT2D eigenvalue weighted by molar-refractivity contribution is 0.513. The Morgan fingerprint density at radius 1 is 1.21 bits per heavy atom. The predicted octanol–water partition coefficient (Wildman–Crippen LogP) is 3.07. The molecule has 0 fully saturated rings. The Morgan fingerprint density at radius 3 is 2.58 bits per heavy atom. The summed E-state index contributed by atoms with van der Waals surface area (Å²) in [7, 11) is 0. The smallest absolute Gasteiger partial charge is 0.131 e. The van der Waals surface area contributed by atoms with E-state index in [0.29, 0.717) is 0 Å². The zero-order valence-corrected chi connectivity index (χ0v) is 11.1. The molecule has 0 radical (unpaired) electrons. The average Bonchev–Trinajstić information content (AvgIpc) is 2.94. The lowest BCUT2D eigenvalue weighted by Crippen LogP contribution is -2.29. The molecular weight excluding hydrogens is 266 g/mol. The maximum absolute atomic E-state index is 13.8. The third-order valence-electron chi connectivity index (χ3n) is 3.51. The van der Waals surface area contributed by atoms with E-state index in [4.69, 9.17) is 5.84 Å². The molecule has 1 unspecified atom stereocenters. The molecule has 0 amide bonds. The number of benzene rings is 1. The van der Waals surface area contributed by atoms with Crippen molar-refractivity contribution < 1.29 is 8.78 Å². The van der Waals surface area contributed by atoms with Gasteiger partial charge in [0.2, 0.25) is 0 Å². The second-order valence-corrected chi connectivity index (χ2v) is 5.85. The van der Waals surface area contributed by atoms with Crippen molar-refractivity contribution in [2.24, 2.45) is 5.84 Å². The monoisotopic (exact) mass is 280 g/mol. The van der Waals surface area contributed by atoms with Crippen LogP contribution in [-0.4, -0.2) is 0 Å². The van der Waals surface area contributed by atoms with Gasteiger partial charge in [0, 0.05) is 15.3 Å². The van der Waals surface area contributed by atoms with Gasteiger partial charge in [0.15, 0.2) is 0 Å². The number of aryl methyl sites for hydroxylation is 2. The van der Waals surface area contributed by atoms with Gasteiger partial charge in [0.1, 0.15) is 11.6 Å². The minimum atomic E-state index is -0.628. The van der Waals surface area contributed by atoms with Crippen LogP contribution in [0.1, 0.15) is 33.3 Å². The van der Waals surface area contributed by atoms with Crippen LogP contribution in [0.5, 0.6) is 0 Å². The van der Waals surface area contributed by atoms with Crippen LogP contribution in [0.15, 0.2) is 24.3 Å². The van der Waals surface area contributed by atoms with Gasteiger partial charge in [-0.25, -0.2) is 14.2 Å². The van der Waals surface area contributed by atoms with Gasteiger partial charge in [0.05, 0.1) is 6.04 Å². The number of fused-ring (bicyclic) bond motifs is 1. The molecule has 0 spiro atoms. The number of hydrazine groups is 1. The van der Waals surface area contributed by atoms with E-state index < -0.39 is 17.7 Å². The molecule has 1 aliphatic carbocycles. The third-order valence-corrected chi connectivity index (χ3v) is 4.81. The summed E-state index contributed by atoms with van der Waals surface area (Å²) in [6.45, 7) is 0. The number of hydrogen-bond donors (Lipinski definition) is 2. The van der Waals surface area contributed by atoms with E-state index in [9.17, 15) is 8.78 Å². The molecule has 100 valence electrons. The molecule has 3 N–H and O–H groups in total. The highest BCUT2D eigenvalue weighted by molar-refractivity contribution is 7.12. The fourth-order valence-corrected chi connectivity index (χ4v) is 3.92. The third kappa shape index (κ3) is 2.18. The summed E-state index contributed by atoms with van der Waals surface area (Å²) in [4.78, 5) is 2.18. The van der Waals surface area contributed by atoms with Crippen LogP contribution in [0.3, 0.4) is 0 Å². The Bertz CT molecular complexity index is 568. The fraction of sp³-hybridized carbons (Fsp3) is 0.286. The van der Waals surface area contributed by atoms with E-state index in [0.717, 1.165) is 24.1 Å². The number of nitrogens with two attached hydrogens (primary N) is 1. The van der Waals surface area contributed by atoms with Crippen LogP contribution in [0, 0.1) is 11.6 Å². The number of halogens is 2. The van der Waals surface area contributed by atoms with Gasteiger partial charge in [-0.1, -0.05) is 6.07 Å². The van der Waals surface area contributed by atoms with E-state index >= 15 is 0 Å². The van der Waals surface area contributed by atoms with Gasteiger partial charge in [-0.2, -0.15) is 0 Å². The molecule has 2 nitrogen and oxygen atoms in total. The molecule has 1 heterocycles. The van der Waals surface area contributed by atoms with Crippen molar-refractivity contribution in [3.63, 3.8) is 0 Å². The van der Waals surface area contributed by atoms with Gasteiger partial charge in [0.25, 0.3) is 0 Å². The molecule has 0 saturated carbocycles. The summed E-state index contributed by atoms with van der Waals surface area (Å²) in [5, 5.41) is 0. The van der Waals surface area contributed by atoms with Crippen LogP contribution < -0.4 is 11.3 Å². The molecule has 5 heteroatoms. The van der Waals surface area contributed by atoms with E-state index in [2.05, 4.69) is 5.43 Å². The predicted molar refractivity (Wildman–Crippen MR) is 71.9 cm³/mol. The van der Waals surface area contributed by atoms with Gasteiger partial charge < -0.3 is 0 Å². The van der Waals surface area contributed by atoms with E-state index in [1.807, 2.05) is 6.07 Å². The highest BCUT2D eigenvalue weighted by Crippen LogP contribution is 2.37. The van der Waals surface area contributed by atoms with Gasteiger partial charge in [-0.15, -0.1) is 11.3 Å². The minimum absolute atomic E-state index is 0.00933. The van der Waals surface area contributed by atoms with Crippen molar-refractivity contribution in [2.75, 3.05) is 0 Å². The van der Waals surface area contributed by atoms with Crippen LogP contribution in [0.25, 0.3) is 0 Å². The SMILES string of the molecule is NNC(c1cc2c(s1)CCC2)c1c(F)cccc1F. The maximum atomic E-state index is 13.8. The largest absolute Gasteiger partial charge is 0.271 e. The quantitative estimate of drug-likeness (QED) is 0.670. The zero-order valence-electron chi connectivity index (χ0n) is 10.2. The first-order valence-corrected chi connectivity index (χ1v) is 7.04. The van der Waals surface area contributed by atoms with Crippen LogP contribution in [-0.2, 0) is 12.8 Å². The number of hydrogen-bond acceptors (Lipinski definition) is 3. The van der Waals surface area contributed by atoms with E-state index in [-0.39, 0.29) is 5.56 Å². The summed E-state index contributed by atoms with van der Waals surface area (Å²) in [5.74, 6) is 4.37. The van der Waals surface area contributed by atoms with Crippen LogP contribution >= 0.6 is 11.3 Å².